The number of rotatable bonds is 13. The number of benzene rings is 2. The highest BCUT2D eigenvalue weighted by atomic mass is 32.2. The van der Waals surface area contributed by atoms with Crippen molar-refractivity contribution in [2.24, 2.45) is 17.3 Å². The van der Waals surface area contributed by atoms with E-state index in [0.29, 0.717) is 58.7 Å². The third-order valence-corrected chi connectivity index (χ3v) is 17.1. The molecule has 0 bridgehead atoms. The van der Waals surface area contributed by atoms with Crippen molar-refractivity contribution in [3.63, 3.8) is 0 Å². The Labute approximate surface area is 391 Å². The Bertz CT molecular complexity index is 2550. The number of amides is 3. The van der Waals surface area contributed by atoms with Gasteiger partial charge < -0.3 is 20.0 Å². The van der Waals surface area contributed by atoms with E-state index in [1.807, 2.05) is 18.2 Å². The molecule has 1 aliphatic carbocycles. The predicted octanol–water partition coefficient (Wildman–Crippen LogP) is 7.41. The standard InChI is InChI=1S/C49H62FN9O5S2/c1-5-25-66(63,64)56-38-8-6-7-37(41(38)50)42-43(65-46(55-42)48(2,3)4)39-15-20-51-47(53-39)52-34-26-49(27-34)29-57(30-49)28-31-16-21-59(22-17-31)45(62)33-18-23-58(24-19-33)35-11-9-32(10-12-35)36-13-14-40(60)54-44(36)61/h6-12,15,20,31,33-34,36,56H,5,13-14,16-19,21-30H2,1-4H3,(H,51,52,53)(H,54,60,61)/t36-/m1/s1. The molecule has 5 fully saturated rings. The van der Waals surface area contributed by atoms with E-state index in [2.05, 4.69) is 67.9 Å². The molecule has 3 N–H and O–H groups in total. The molecule has 14 nitrogen and oxygen atoms in total. The molecule has 4 saturated heterocycles. The number of carbonyl (C=O) groups excluding carboxylic acids is 3. The monoisotopic (exact) mass is 939 g/mol. The normalized spacial score (nSPS) is 21.1. The van der Waals surface area contributed by atoms with Crippen LogP contribution in [0.15, 0.2) is 54.7 Å². The van der Waals surface area contributed by atoms with Gasteiger partial charge in [-0.3, -0.25) is 24.4 Å². The first-order valence-corrected chi connectivity index (χ1v) is 26.1. The fraction of sp³-hybridized carbons (Fsp3) is 0.551. The van der Waals surface area contributed by atoms with E-state index in [1.54, 1.807) is 25.3 Å². The molecule has 3 amide bonds. The fourth-order valence-corrected chi connectivity index (χ4v) is 12.9. The molecule has 352 valence electrons. The van der Waals surface area contributed by atoms with Gasteiger partial charge in [-0.25, -0.2) is 27.8 Å². The van der Waals surface area contributed by atoms with Crippen molar-refractivity contribution in [2.75, 3.05) is 66.5 Å². The highest BCUT2D eigenvalue weighted by Gasteiger charge is 2.52. The van der Waals surface area contributed by atoms with Crippen molar-refractivity contribution < 1.29 is 27.2 Å². The summed E-state index contributed by atoms with van der Waals surface area (Å²) in [6, 6.07) is 14.9. The van der Waals surface area contributed by atoms with Crippen molar-refractivity contribution >= 4 is 56.4 Å². The minimum atomic E-state index is -3.70. The first kappa shape index (κ1) is 46.1. The zero-order valence-electron chi connectivity index (χ0n) is 38.4. The van der Waals surface area contributed by atoms with Crippen LogP contribution in [0.1, 0.15) is 102 Å². The molecule has 2 aromatic heterocycles. The highest BCUT2D eigenvalue weighted by molar-refractivity contribution is 7.92. The smallest absolute Gasteiger partial charge is 0.234 e. The lowest BCUT2D eigenvalue weighted by atomic mass is 9.60. The maximum atomic E-state index is 16.1. The van der Waals surface area contributed by atoms with Gasteiger partial charge in [-0.1, -0.05) is 45.9 Å². The molecule has 1 atom stereocenters. The van der Waals surface area contributed by atoms with Gasteiger partial charge in [-0.05, 0) is 98.6 Å². The number of nitrogens with one attached hydrogen (secondary N) is 3. The second-order valence-corrected chi connectivity index (χ2v) is 23.2. The number of hydrogen-bond donors (Lipinski definition) is 3. The number of piperidine rings is 3. The Morgan fingerprint density at radius 1 is 0.955 bits per heavy atom. The molecule has 0 unspecified atom stereocenters. The number of aromatic nitrogens is 3. The van der Waals surface area contributed by atoms with Crippen molar-refractivity contribution in [1.29, 1.82) is 0 Å². The number of carbonyl (C=O) groups is 3. The lowest BCUT2D eigenvalue weighted by molar-refractivity contribution is -0.138. The maximum absolute atomic E-state index is 16.1. The Balaban J connectivity index is 0.726. The minimum absolute atomic E-state index is 0.0605. The van der Waals surface area contributed by atoms with Crippen molar-refractivity contribution in [1.82, 2.24) is 30.1 Å². The lowest BCUT2D eigenvalue weighted by Crippen LogP contribution is -2.65. The van der Waals surface area contributed by atoms with E-state index in [1.165, 1.54) is 17.4 Å². The quantitative estimate of drug-likeness (QED) is 0.114. The summed E-state index contributed by atoms with van der Waals surface area (Å²) in [5, 5.41) is 6.83. The topological polar surface area (TPSA) is 170 Å². The van der Waals surface area contributed by atoms with Crippen molar-refractivity contribution in [3.8, 4) is 21.8 Å². The molecular formula is C49H62FN9O5S2. The average Bonchev–Trinajstić information content (AvgIpc) is 3.72. The van der Waals surface area contributed by atoms with Crippen LogP contribution in [0.25, 0.3) is 21.8 Å². The summed E-state index contributed by atoms with van der Waals surface area (Å²) in [6.07, 6.45) is 8.89. The van der Waals surface area contributed by atoms with Gasteiger partial charge in [0.05, 0.1) is 38.6 Å². The molecule has 4 aliphatic heterocycles. The summed E-state index contributed by atoms with van der Waals surface area (Å²) in [5.74, 6) is 0.00260. The number of hydrogen-bond acceptors (Lipinski definition) is 12. The van der Waals surface area contributed by atoms with Crippen LogP contribution >= 0.6 is 11.3 Å². The van der Waals surface area contributed by atoms with E-state index >= 15 is 4.39 Å². The van der Waals surface area contributed by atoms with E-state index in [4.69, 9.17) is 9.97 Å². The number of likely N-dealkylation sites (tertiary alicyclic amines) is 2. The fourth-order valence-electron chi connectivity index (χ4n) is 10.7. The second kappa shape index (κ2) is 18.6. The van der Waals surface area contributed by atoms with E-state index in [-0.39, 0.29) is 52.1 Å². The predicted molar refractivity (Wildman–Crippen MR) is 256 cm³/mol. The zero-order valence-corrected chi connectivity index (χ0v) is 40.1. The molecule has 1 saturated carbocycles. The highest BCUT2D eigenvalue weighted by Crippen LogP contribution is 2.50. The van der Waals surface area contributed by atoms with Crippen molar-refractivity contribution in [3.05, 3.63) is 71.1 Å². The van der Waals surface area contributed by atoms with Crippen LogP contribution in [-0.4, -0.2) is 108 Å². The third-order valence-electron chi connectivity index (χ3n) is 14.1. The Morgan fingerprint density at radius 3 is 2.36 bits per heavy atom. The summed E-state index contributed by atoms with van der Waals surface area (Å²) in [5.41, 5.74) is 3.19. The van der Waals surface area contributed by atoms with Gasteiger partial charge >= 0.3 is 0 Å². The SMILES string of the molecule is CCCS(=O)(=O)Nc1cccc(-c2nc(C(C)(C)C)sc2-c2ccnc(NC3CC4(C3)CN(CC3CCN(C(=O)C5CCN(c6ccc([C@H]7CCC(=O)NC7=O)cc6)CC5)CC3)C4)n2)c1F. The van der Waals surface area contributed by atoms with Crippen LogP contribution in [0, 0.1) is 23.1 Å². The third kappa shape index (κ3) is 9.98. The molecule has 1 spiro atoms. The largest absolute Gasteiger partial charge is 0.371 e. The zero-order chi connectivity index (χ0) is 46.4. The molecule has 2 aromatic carbocycles. The van der Waals surface area contributed by atoms with Gasteiger partial charge in [0.2, 0.25) is 33.7 Å². The van der Waals surface area contributed by atoms with Crippen LogP contribution in [0.5, 0.6) is 0 Å². The van der Waals surface area contributed by atoms with Crippen LogP contribution < -0.4 is 20.3 Å². The number of thiazole rings is 1. The molecule has 66 heavy (non-hydrogen) atoms. The Hall–Kier alpha value is -5.00. The summed E-state index contributed by atoms with van der Waals surface area (Å²) in [4.78, 5) is 59.6. The molecule has 6 heterocycles. The first-order chi connectivity index (χ1) is 31.5. The van der Waals surface area contributed by atoms with Gasteiger partial charge in [0, 0.05) is 87.1 Å². The number of anilines is 3. The van der Waals surface area contributed by atoms with Crippen molar-refractivity contribution in [2.45, 2.75) is 103 Å². The van der Waals surface area contributed by atoms with E-state index in [9.17, 15) is 22.8 Å². The van der Waals surface area contributed by atoms with Crippen LogP contribution in [0.3, 0.4) is 0 Å². The summed E-state index contributed by atoms with van der Waals surface area (Å²) >= 11 is 1.46. The molecule has 4 aromatic rings. The minimum Gasteiger partial charge on any atom is -0.371 e. The molecule has 17 heteroatoms. The molecule has 9 rings (SSSR count). The summed E-state index contributed by atoms with van der Waals surface area (Å²) < 4.78 is 43.6. The summed E-state index contributed by atoms with van der Waals surface area (Å²) in [7, 11) is -3.70. The van der Waals surface area contributed by atoms with E-state index < -0.39 is 15.8 Å². The average molecular weight is 940 g/mol. The molecule has 0 radical (unpaired) electrons. The Kier molecular flexibility index (Phi) is 13.0. The van der Waals surface area contributed by atoms with E-state index in [0.717, 1.165) is 101 Å². The summed E-state index contributed by atoms with van der Waals surface area (Å²) in [6.45, 7) is 14.5. The number of nitrogens with zero attached hydrogens (tertiary/aromatic N) is 6. The maximum Gasteiger partial charge on any atom is 0.234 e. The van der Waals surface area contributed by atoms with Gasteiger partial charge in [0.1, 0.15) is 0 Å². The Morgan fingerprint density at radius 2 is 1.68 bits per heavy atom. The van der Waals surface area contributed by atoms with Crippen LogP contribution in [0.2, 0.25) is 0 Å². The van der Waals surface area contributed by atoms with Gasteiger partial charge in [0.15, 0.2) is 5.82 Å². The van der Waals surface area contributed by atoms with Gasteiger partial charge in [-0.15, -0.1) is 11.3 Å². The van der Waals surface area contributed by atoms with Gasteiger partial charge in [-0.2, -0.15) is 0 Å². The van der Waals surface area contributed by atoms with Crippen LogP contribution in [0.4, 0.5) is 21.7 Å². The van der Waals surface area contributed by atoms with Crippen LogP contribution in [-0.2, 0) is 29.8 Å². The first-order valence-electron chi connectivity index (χ1n) is 23.7. The van der Waals surface area contributed by atoms with Gasteiger partial charge in [0.25, 0.3) is 0 Å². The lowest BCUT2D eigenvalue weighted by Gasteiger charge is -2.60. The molecular weight excluding hydrogens is 878 g/mol. The number of imide groups is 1. The number of halogens is 1. The second-order valence-electron chi connectivity index (χ2n) is 20.3. The number of sulfonamides is 1. The molecule has 5 aliphatic rings.